The minimum atomic E-state index is -1.60. The second kappa shape index (κ2) is 10.1. The summed E-state index contributed by atoms with van der Waals surface area (Å²) in [6.07, 6.45) is 0.254. The molecule has 0 radical (unpaired) electrons. The summed E-state index contributed by atoms with van der Waals surface area (Å²) in [7, 11) is 1.25. The van der Waals surface area contributed by atoms with Crippen molar-refractivity contribution in [3.05, 3.63) is 64.7 Å². The van der Waals surface area contributed by atoms with Crippen LogP contribution in [0.5, 0.6) is 0 Å². The van der Waals surface area contributed by atoms with E-state index in [-0.39, 0.29) is 36.0 Å². The molecule has 1 fully saturated rings. The van der Waals surface area contributed by atoms with Gasteiger partial charge in [-0.2, -0.15) is 0 Å². The molecule has 0 saturated carbocycles. The lowest BCUT2D eigenvalue weighted by Crippen LogP contribution is -2.51. The van der Waals surface area contributed by atoms with Gasteiger partial charge in [0.15, 0.2) is 5.78 Å². The third kappa shape index (κ3) is 4.76. The van der Waals surface area contributed by atoms with E-state index in [1.165, 1.54) is 43.1 Å². The Labute approximate surface area is 204 Å². The molecule has 1 aromatic carbocycles. The summed E-state index contributed by atoms with van der Waals surface area (Å²) in [6, 6.07) is 6.51. The van der Waals surface area contributed by atoms with Gasteiger partial charge in [0.1, 0.15) is 36.3 Å². The number of halogens is 3. The largest absolute Gasteiger partial charge is 0.376 e. The zero-order chi connectivity index (χ0) is 25.3. The highest BCUT2D eigenvalue weighted by molar-refractivity contribution is 6.30. The normalized spacial score (nSPS) is 19.8. The predicted molar refractivity (Wildman–Crippen MR) is 124 cm³/mol. The number of ether oxygens (including phenoxy) is 1. The first kappa shape index (κ1) is 24.7. The molecule has 0 bridgehead atoms. The van der Waals surface area contributed by atoms with Gasteiger partial charge in [-0.05, 0) is 25.1 Å². The molecule has 8 nitrogen and oxygen atoms in total. The van der Waals surface area contributed by atoms with E-state index in [1.807, 2.05) is 0 Å². The van der Waals surface area contributed by atoms with Crippen molar-refractivity contribution in [2.45, 2.75) is 38.3 Å². The van der Waals surface area contributed by atoms with Gasteiger partial charge < -0.3 is 19.5 Å². The van der Waals surface area contributed by atoms with E-state index in [9.17, 15) is 23.2 Å². The standard InChI is InChI=1S/C24H23ClF2N4O4/c1-13(32)16-10-30(23-15(16)6-4-8-28-23)12-19(33)31-11-18(26)22(35-2)21(31)24(34)29-9-14-5-3-7-17(25)20(14)27/h3-8,10,18,21-22H,9,11-12H2,1-2H3,(H,29,34)/t18-,21-,22+/m0/s1. The highest BCUT2D eigenvalue weighted by Gasteiger charge is 2.48. The van der Waals surface area contributed by atoms with Crippen molar-refractivity contribution in [1.29, 1.82) is 0 Å². The second-order valence-electron chi connectivity index (χ2n) is 8.24. The fraction of sp³-hybridized carbons (Fsp3) is 0.333. The Bertz CT molecular complexity index is 1300. The molecular weight excluding hydrogens is 482 g/mol. The van der Waals surface area contributed by atoms with Crippen LogP contribution < -0.4 is 5.32 Å². The molecule has 3 heterocycles. The number of pyridine rings is 1. The topological polar surface area (TPSA) is 93.5 Å². The van der Waals surface area contributed by atoms with Crippen LogP contribution in [0, 0.1) is 5.82 Å². The number of nitrogens with zero attached hydrogens (tertiary/aromatic N) is 3. The van der Waals surface area contributed by atoms with Crippen molar-refractivity contribution in [3.63, 3.8) is 0 Å². The van der Waals surface area contributed by atoms with Crippen LogP contribution in [-0.4, -0.2) is 64.0 Å². The number of ketones is 1. The third-order valence-electron chi connectivity index (χ3n) is 6.04. The monoisotopic (exact) mass is 504 g/mol. The quantitative estimate of drug-likeness (QED) is 0.499. The number of aromatic nitrogens is 2. The Hall–Kier alpha value is -3.37. The number of hydrogen-bond acceptors (Lipinski definition) is 5. The molecule has 0 aliphatic carbocycles. The van der Waals surface area contributed by atoms with Gasteiger partial charge in [-0.1, -0.05) is 23.7 Å². The molecular formula is C24H23ClF2N4O4. The molecule has 184 valence electrons. The lowest BCUT2D eigenvalue weighted by atomic mass is 10.1. The number of likely N-dealkylation sites (tertiary alicyclic amines) is 1. The summed E-state index contributed by atoms with van der Waals surface area (Å²) in [5.74, 6) is -2.11. The van der Waals surface area contributed by atoms with Crippen LogP contribution >= 0.6 is 11.6 Å². The number of fused-ring (bicyclic) bond motifs is 1. The number of methoxy groups -OCH3 is 1. The van der Waals surface area contributed by atoms with Gasteiger partial charge in [0.2, 0.25) is 11.8 Å². The Kier molecular flexibility index (Phi) is 7.13. The fourth-order valence-corrected chi connectivity index (χ4v) is 4.53. The number of rotatable bonds is 7. The maximum absolute atomic E-state index is 14.8. The van der Waals surface area contributed by atoms with Gasteiger partial charge in [-0.25, -0.2) is 13.8 Å². The summed E-state index contributed by atoms with van der Waals surface area (Å²) < 4.78 is 35.7. The van der Waals surface area contributed by atoms with Crippen molar-refractivity contribution in [2.24, 2.45) is 0 Å². The van der Waals surface area contributed by atoms with E-state index in [4.69, 9.17) is 16.3 Å². The number of Topliss-reactive ketones (excluding diaryl/α,β-unsaturated/α-hetero) is 1. The van der Waals surface area contributed by atoms with Crippen LogP contribution in [0.15, 0.2) is 42.7 Å². The van der Waals surface area contributed by atoms with Crippen LogP contribution in [0.2, 0.25) is 5.02 Å². The molecule has 1 aliphatic rings. The van der Waals surface area contributed by atoms with Crippen molar-refractivity contribution < 1.29 is 27.9 Å². The van der Waals surface area contributed by atoms with E-state index in [1.54, 1.807) is 18.2 Å². The number of hydrogen-bond donors (Lipinski definition) is 1. The molecule has 11 heteroatoms. The van der Waals surface area contributed by atoms with Gasteiger partial charge in [0.25, 0.3) is 0 Å². The van der Waals surface area contributed by atoms with Crippen LogP contribution in [0.4, 0.5) is 8.78 Å². The molecule has 2 amide bonds. The minimum absolute atomic E-state index is 0.0921. The number of nitrogens with one attached hydrogen (secondary N) is 1. The first-order chi connectivity index (χ1) is 16.7. The molecule has 1 N–H and O–H groups in total. The SMILES string of the molecule is CO[C@H]1[C@@H](C(=O)NCc2cccc(Cl)c2F)N(C(=O)Cn2cc(C(C)=O)c3cccnc32)C[C@@H]1F. The van der Waals surface area contributed by atoms with E-state index < -0.39 is 35.9 Å². The lowest BCUT2D eigenvalue weighted by Gasteiger charge is -2.26. The first-order valence-corrected chi connectivity index (χ1v) is 11.2. The fourth-order valence-electron chi connectivity index (χ4n) is 4.34. The zero-order valence-electron chi connectivity index (χ0n) is 19.0. The average Bonchev–Trinajstić information content (AvgIpc) is 3.37. The first-order valence-electron chi connectivity index (χ1n) is 10.8. The van der Waals surface area contributed by atoms with Gasteiger partial charge in [0, 0.05) is 42.6 Å². The average molecular weight is 505 g/mol. The predicted octanol–water partition coefficient (Wildman–Crippen LogP) is 2.91. The molecule has 0 spiro atoms. The summed E-state index contributed by atoms with van der Waals surface area (Å²) in [6.45, 7) is 0.587. The number of carbonyl (C=O) groups excluding carboxylic acids is 3. The summed E-state index contributed by atoms with van der Waals surface area (Å²) in [5, 5.41) is 3.05. The van der Waals surface area contributed by atoms with Crippen molar-refractivity contribution in [3.8, 4) is 0 Å². The molecule has 3 atom stereocenters. The van der Waals surface area contributed by atoms with Gasteiger partial charge in [-0.3, -0.25) is 14.4 Å². The Morgan fingerprint density at radius 1 is 1.26 bits per heavy atom. The number of amides is 2. The van der Waals surface area contributed by atoms with Gasteiger partial charge in [0.05, 0.1) is 11.6 Å². The zero-order valence-corrected chi connectivity index (χ0v) is 19.8. The van der Waals surface area contributed by atoms with Crippen LogP contribution in [0.3, 0.4) is 0 Å². The summed E-state index contributed by atoms with van der Waals surface area (Å²) in [5.41, 5.74) is 0.968. The molecule has 0 unspecified atom stereocenters. The molecule has 35 heavy (non-hydrogen) atoms. The number of benzene rings is 1. The van der Waals surface area contributed by atoms with Gasteiger partial charge >= 0.3 is 0 Å². The highest BCUT2D eigenvalue weighted by Crippen LogP contribution is 2.26. The van der Waals surface area contributed by atoms with E-state index in [0.29, 0.717) is 16.6 Å². The van der Waals surface area contributed by atoms with Gasteiger partial charge in [-0.15, -0.1) is 0 Å². The lowest BCUT2D eigenvalue weighted by molar-refractivity contribution is -0.141. The molecule has 4 rings (SSSR count). The van der Waals surface area contributed by atoms with Crippen molar-refractivity contribution in [1.82, 2.24) is 19.8 Å². The smallest absolute Gasteiger partial charge is 0.245 e. The third-order valence-corrected chi connectivity index (χ3v) is 6.33. The number of alkyl halides is 1. The van der Waals surface area contributed by atoms with Crippen LogP contribution in [0.1, 0.15) is 22.8 Å². The minimum Gasteiger partial charge on any atom is -0.376 e. The summed E-state index contributed by atoms with van der Waals surface area (Å²) >= 11 is 5.79. The van der Waals surface area contributed by atoms with Crippen LogP contribution in [-0.2, 0) is 27.4 Å². The van der Waals surface area contributed by atoms with Crippen molar-refractivity contribution in [2.75, 3.05) is 13.7 Å². The van der Waals surface area contributed by atoms with E-state index >= 15 is 0 Å². The maximum atomic E-state index is 14.8. The maximum Gasteiger partial charge on any atom is 0.245 e. The molecule has 2 aromatic heterocycles. The highest BCUT2D eigenvalue weighted by atomic mass is 35.5. The molecule has 1 aliphatic heterocycles. The van der Waals surface area contributed by atoms with E-state index in [2.05, 4.69) is 10.3 Å². The Morgan fingerprint density at radius 3 is 2.74 bits per heavy atom. The Morgan fingerprint density at radius 2 is 2.03 bits per heavy atom. The Balaban J connectivity index is 1.56. The second-order valence-corrected chi connectivity index (χ2v) is 8.65. The summed E-state index contributed by atoms with van der Waals surface area (Å²) in [4.78, 5) is 43.7. The molecule has 1 saturated heterocycles. The van der Waals surface area contributed by atoms with Crippen molar-refractivity contribution >= 4 is 40.2 Å². The molecule has 3 aromatic rings. The number of carbonyl (C=O) groups is 3. The van der Waals surface area contributed by atoms with E-state index in [0.717, 1.165) is 4.90 Å². The van der Waals surface area contributed by atoms with Crippen LogP contribution in [0.25, 0.3) is 11.0 Å².